The summed E-state index contributed by atoms with van der Waals surface area (Å²) < 4.78 is 6.94. The molecule has 14 rings (SSSR count). The molecule has 0 fully saturated rings. The molecule has 1 aromatic heterocycles. The van der Waals surface area contributed by atoms with Crippen LogP contribution in [0.5, 0.6) is 0 Å². The minimum absolute atomic E-state index is 0.902. The molecular formula is C60H34O. The number of furan rings is 1. The SMILES string of the molecule is c1ccc(-c2ccc3ccc4c(-c5ccc6cc(-c7ccc8ccc9c(-c%10ccccc%10)ccc%10ccc7c8c%109)c7c8ccccc8oc7c6c5)ccc5ccc2c3c54)cc1. The quantitative estimate of drug-likeness (QED) is 0.162. The first-order chi connectivity index (χ1) is 30.2. The highest BCUT2D eigenvalue weighted by atomic mass is 16.3. The fraction of sp³-hybridized carbons (Fsp3) is 0. The topological polar surface area (TPSA) is 13.1 Å². The van der Waals surface area contributed by atoms with Gasteiger partial charge in [0.2, 0.25) is 0 Å². The van der Waals surface area contributed by atoms with Gasteiger partial charge >= 0.3 is 0 Å². The zero-order chi connectivity index (χ0) is 39.8. The molecule has 0 bridgehead atoms. The normalized spacial score (nSPS) is 12.3. The molecule has 0 aliphatic rings. The number of rotatable bonds is 4. The van der Waals surface area contributed by atoms with Crippen LogP contribution in [0.2, 0.25) is 0 Å². The van der Waals surface area contributed by atoms with E-state index in [0.29, 0.717) is 0 Å². The van der Waals surface area contributed by atoms with E-state index in [9.17, 15) is 0 Å². The van der Waals surface area contributed by atoms with E-state index in [1.807, 2.05) is 0 Å². The first-order valence-corrected chi connectivity index (χ1v) is 21.2. The Hall–Kier alpha value is -8.00. The van der Waals surface area contributed by atoms with Crippen LogP contribution in [0.1, 0.15) is 0 Å². The van der Waals surface area contributed by atoms with Gasteiger partial charge < -0.3 is 4.42 Å². The fourth-order valence-corrected chi connectivity index (χ4v) is 10.8. The number of benzene rings is 13. The summed E-state index contributed by atoms with van der Waals surface area (Å²) in [5.74, 6) is 0. The van der Waals surface area contributed by atoms with Crippen molar-refractivity contribution in [3.8, 4) is 44.5 Å². The molecule has 1 nitrogen and oxygen atoms in total. The number of hydrogen-bond acceptors (Lipinski definition) is 1. The Balaban J connectivity index is 1.01. The third-order valence-electron chi connectivity index (χ3n) is 13.6. The Morgan fingerprint density at radius 1 is 0.230 bits per heavy atom. The van der Waals surface area contributed by atoms with E-state index in [1.165, 1.54) is 109 Å². The average Bonchev–Trinajstić information content (AvgIpc) is 3.73. The molecule has 0 atom stereocenters. The molecule has 61 heavy (non-hydrogen) atoms. The minimum Gasteiger partial charge on any atom is -0.455 e. The Morgan fingerprint density at radius 2 is 0.656 bits per heavy atom. The summed E-state index contributed by atoms with van der Waals surface area (Å²) >= 11 is 0. The molecule has 0 aliphatic heterocycles. The maximum absolute atomic E-state index is 6.94. The van der Waals surface area contributed by atoms with Gasteiger partial charge in [0.25, 0.3) is 0 Å². The van der Waals surface area contributed by atoms with Crippen molar-refractivity contribution in [2.75, 3.05) is 0 Å². The molecule has 1 heteroatoms. The molecule has 0 amide bonds. The molecule has 0 aliphatic carbocycles. The summed E-state index contributed by atoms with van der Waals surface area (Å²) in [5, 5.41) is 20.0. The molecule has 0 spiro atoms. The molecule has 0 unspecified atom stereocenters. The molecule has 0 N–H and O–H groups in total. The van der Waals surface area contributed by atoms with Crippen molar-refractivity contribution in [3.63, 3.8) is 0 Å². The van der Waals surface area contributed by atoms with Gasteiger partial charge in [-0.05, 0) is 133 Å². The molecule has 280 valence electrons. The molecule has 13 aromatic carbocycles. The lowest BCUT2D eigenvalue weighted by Gasteiger charge is -2.18. The predicted octanol–water partition coefficient (Wildman–Crippen LogP) is 17.2. The smallest absolute Gasteiger partial charge is 0.143 e. The van der Waals surface area contributed by atoms with Gasteiger partial charge in [0.1, 0.15) is 11.2 Å². The van der Waals surface area contributed by atoms with Crippen LogP contribution < -0.4 is 0 Å². The van der Waals surface area contributed by atoms with E-state index in [0.717, 1.165) is 32.7 Å². The summed E-state index contributed by atoms with van der Waals surface area (Å²) in [6.45, 7) is 0. The molecule has 0 saturated carbocycles. The first-order valence-electron chi connectivity index (χ1n) is 21.2. The van der Waals surface area contributed by atoms with Crippen LogP contribution in [-0.2, 0) is 0 Å². The van der Waals surface area contributed by atoms with Crippen LogP contribution in [-0.4, -0.2) is 0 Å². The molecule has 0 radical (unpaired) electrons. The van der Waals surface area contributed by atoms with E-state index in [4.69, 9.17) is 4.42 Å². The summed E-state index contributed by atoms with van der Waals surface area (Å²) in [6, 6.07) is 76.2. The van der Waals surface area contributed by atoms with Gasteiger partial charge in [-0.3, -0.25) is 0 Å². The van der Waals surface area contributed by atoms with Crippen LogP contribution in [0.15, 0.2) is 211 Å². The van der Waals surface area contributed by atoms with Crippen LogP contribution in [0, 0.1) is 0 Å². The van der Waals surface area contributed by atoms with Crippen molar-refractivity contribution in [3.05, 3.63) is 206 Å². The highest BCUT2D eigenvalue weighted by Crippen LogP contribution is 2.48. The highest BCUT2D eigenvalue weighted by Gasteiger charge is 2.22. The van der Waals surface area contributed by atoms with Crippen molar-refractivity contribution >= 4 is 97.3 Å². The lowest BCUT2D eigenvalue weighted by atomic mass is 9.85. The summed E-state index contributed by atoms with van der Waals surface area (Å²) in [5.41, 5.74) is 11.7. The minimum atomic E-state index is 0.902. The summed E-state index contributed by atoms with van der Waals surface area (Å²) in [7, 11) is 0. The number of hydrogen-bond donors (Lipinski definition) is 0. The van der Waals surface area contributed by atoms with Gasteiger partial charge in [-0.2, -0.15) is 0 Å². The van der Waals surface area contributed by atoms with Crippen molar-refractivity contribution in [2.45, 2.75) is 0 Å². The van der Waals surface area contributed by atoms with Crippen molar-refractivity contribution < 1.29 is 4.42 Å². The monoisotopic (exact) mass is 770 g/mol. The highest BCUT2D eigenvalue weighted by molar-refractivity contribution is 6.31. The maximum atomic E-state index is 6.94. The second-order valence-corrected chi connectivity index (χ2v) is 16.7. The van der Waals surface area contributed by atoms with Crippen molar-refractivity contribution in [1.82, 2.24) is 0 Å². The van der Waals surface area contributed by atoms with E-state index < -0.39 is 0 Å². The van der Waals surface area contributed by atoms with Crippen LogP contribution >= 0.6 is 0 Å². The van der Waals surface area contributed by atoms with Crippen LogP contribution in [0.3, 0.4) is 0 Å². The lowest BCUT2D eigenvalue weighted by Crippen LogP contribution is -1.91. The van der Waals surface area contributed by atoms with Gasteiger partial charge in [-0.25, -0.2) is 0 Å². The third-order valence-corrected chi connectivity index (χ3v) is 13.6. The Morgan fingerprint density at radius 3 is 1.20 bits per heavy atom. The third kappa shape index (κ3) is 4.61. The van der Waals surface area contributed by atoms with Crippen LogP contribution in [0.25, 0.3) is 142 Å². The molecule has 1 heterocycles. The van der Waals surface area contributed by atoms with Gasteiger partial charge in [0.15, 0.2) is 0 Å². The van der Waals surface area contributed by atoms with Gasteiger partial charge in [0.05, 0.1) is 0 Å². The zero-order valence-electron chi connectivity index (χ0n) is 33.0. The molecular weight excluding hydrogens is 737 g/mol. The second kappa shape index (κ2) is 12.3. The van der Waals surface area contributed by atoms with E-state index in [2.05, 4.69) is 206 Å². The summed E-state index contributed by atoms with van der Waals surface area (Å²) in [4.78, 5) is 0. The predicted molar refractivity (Wildman–Crippen MR) is 260 cm³/mol. The molecule has 0 saturated heterocycles. The van der Waals surface area contributed by atoms with Gasteiger partial charge in [-0.1, -0.05) is 188 Å². The number of fused-ring (bicyclic) bond motifs is 5. The first kappa shape index (κ1) is 32.9. The average molecular weight is 771 g/mol. The second-order valence-electron chi connectivity index (χ2n) is 16.7. The van der Waals surface area contributed by atoms with Gasteiger partial charge in [-0.15, -0.1) is 0 Å². The van der Waals surface area contributed by atoms with Crippen molar-refractivity contribution in [2.24, 2.45) is 0 Å². The maximum Gasteiger partial charge on any atom is 0.143 e. The van der Waals surface area contributed by atoms with E-state index >= 15 is 0 Å². The van der Waals surface area contributed by atoms with E-state index in [-0.39, 0.29) is 0 Å². The number of para-hydroxylation sites is 1. The molecule has 14 aromatic rings. The zero-order valence-corrected chi connectivity index (χ0v) is 33.0. The largest absolute Gasteiger partial charge is 0.455 e. The van der Waals surface area contributed by atoms with Crippen LogP contribution in [0.4, 0.5) is 0 Å². The summed E-state index contributed by atoms with van der Waals surface area (Å²) in [6.07, 6.45) is 0. The Kier molecular flexibility index (Phi) is 6.62. The lowest BCUT2D eigenvalue weighted by molar-refractivity contribution is 0.673. The van der Waals surface area contributed by atoms with E-state index in [1.54, 1.807) is 0 Å². The Bertz CT molecular complexity index is 4080. The van der Waals surface area contributed by atoms with Crippen molar-refractivity contribution in [1.29, 1.82) is 0 Å². The Labute approximate surface area is 351 Å². The van der Waals surface area contributed by atoms with Gasteiger partial charge in [0, 0.05) is 16.2 Å². The fourth-order valence-electron chi connectivity index (χ4n) is 10.8. The standard InChI is InChI=1S/C60H34O/c1-3-9-35(10-4-1)43-25-17-37-23-31-49-45(27-19-39-21-29-47(43)55(37)57(39)49)41-15-16-42-34-53(59-51-13-7-8-14-54(51)61-60(59)52(42)33-41)46-28-20-40-22-30-48-44(36-11-5-2-6-12-36)26-18-38-24-32-50(46)58(40)56(38)48/h1-34H.